The lowest BCUT2D eigenvalue weighted by Gasteiger charge is -2.17. The van der Waals surface area contributed by atoms with Gasteiger partial charge in [-0.05, 0) is 24.3 Å². The van der Waals surface area contributed by atoms with Gasteiger partial charge in [-0.15, -0.1) is 0 Å². The predicted molar refractivity (Wildman–Crippen MR) is 73.4 cm³/mol. The van der Waals surface area contributed by atoms with E-state index in [0.29, 0.717) is 12.5 Å². The Hall–Kier alpha value is -2.36. The van der Waals surface area contributed by atoms with E-state index < -0.39 is 0 Å². The van der Waals surface area contributed by atoms with Gasteiger partial charge in [0.05, 0.1) is 17.9 Å². The highest BCUT2D eigenvalue weighted by Crippen LogP contribution is 2.10. The summed E-state index contributed by atoms with van der Waals surface area (Å²) in [5.74, 6) is 0.479. The fraction of sp³-hybridized carbons (Fsp3) is 0.143. The monoisotopic (exact) mass is 240 g/mol. The summed E-state index contributed by atoms with van der Waals surface area (Å²) in [6, 6.07) is 15.5. The Morgan fingerprint density at radius 2 is 1.89 bits per heavy atom. The third-order valence-corrected chi connectivity index (χ3v) is 2.52. The minimum atomic E-state index is 0.479. The number of rotatable bonds is 3. The zero-order valence-corrected chi connectivity index (χ0v) is 10.3. The molecule has 2 aromatic rings. The fourth-order valence-electron chi connectivity index (χ4n) is 1.54. The van der Waals surface area contributed by atoms with Crippen molar-refractivity contribution in [3.05, 3.63) is 60.4 Å². The van der Waals surface area contributed by atoms with E-state index in [9.17, 15) is 0 Å². The summed E-state index contributed by atoms with van der Waals surface area (Å²) >= 11 is 0. The Labute approximate surface area is 107 Å². The minimum absolute atomic E-state index is 0.479. The zero-order chi connectivity index (χ0) is 12.8. The van der Waals surface area contributed by atoms with Crippen molar-refractivity contribution in [3.63, 3.8) is 0 Å². The molecule has 0 amide bonds. The highest BCUT2D eigenvalue weighted by atomic mass is 15.2. The maximum absolute atomic E-state index is 5.95. The lowest BCUT2D eigenvalue weighted by Crippen LogP contribution is -2.33. The van der Waals surface area contributed by atoms with Gasteiger partial charge < -0.3 is 10.6 Å². The second kappa shape index (κ2) is 5.82. The van der Waals surface area contributed by atoms with Crippen molar-refractivity contribution in [3.8, 4) is 0 Å². The third-order valence-electron chi connectivity index (χ3n) is 2.52. The van der Waals surface area contributed by atoms with Crippen LogP contribution in [0.2, 0.25) is 0 Å². The van der Waals surface area contributed by atoms with Gasteiger partial charge in [0.2, 0.25) is 0 Å². The van der Waals surface area contributed by atoms with Crippen LogP contribution in [0.4, 0.5) is 5.69 Å². The molecule has 92 valence electrons. The molecular weight excluding hydrogens is 224 g/mol. The molecule has 0 fully saturated rings. The van der Waals surface area contributed by atoms with E-state index in [1.54, 1.807) is 6.20 Å². The summed E-state index contributed by atoms with van der Waals surface area (Å²) in [7, 11) is 1.90. The average molecular weight is 240 g/mol. The van der Waals surface area contributed by atoms with Crippen molar-refractivity contribution in [1.82, 2.24) is 9.88 Å². The van der Waals surface area contributed by atoms with Crippen molar-refractivity contribution in [2.75, 3.05) is 7.05 Å². The Morgan fingerprint density at radius 1 is 1.17 bits per heavy atom. The molecule has 0 radical (unpaired) electrons. The highest BCUT2D eigenvalue weighted by molar-refractivity contribution is 5.80. The number of pyridine rings is 1. The molecule has 2 N–H and O–H groups in total. The summed E-state index contributed by atoms with van der Waals surface area (Å²) in [6.07, 6.45) is 1.77. The van der Waals surface area contributed by atoms with E-state index in [2.05, 4.69) is 9.98 Å². The van der Waals surface area contributed by atoms with Crippen LogP contribution in [0.15, 0.2) is 59.7 Å². The van der Waals surface area contributed by atoms with Crippen LogP contribution in [0.3, 0.4) is 0 Å². The number of nitrogens with two attached hydrogens (primary N) is 1. The van der Waals surface area contributed by atoms with Gasteiger partial charge in [-0.25, -0.2) is 4.99 Å². The van der Waals surface area contributed by atoms with Gasteiger partial charge in [0, 0.05) is 13.2 Å². The molecule has 0 aliphatic heterocycles. The molecule has 4 heteroatoms. The fourth-order valence-corrected chi connectivity index (χ4v) is 1.54. The number of benzene rings is 1. The molecule has 0 unspecified atom stereocenters. The van der Waals surface area contributed by atoms with Crippen LogP contribution in [0.25, 0.3) is 0 Å². The number of hydrogen-bond donors (Lipinski definition) is 1. The second-order valence-electron chi connectivity index (χ2n) is 3.98. The maximum Gasteiger partial charge on any atom is 0.196 e. The van der Waals surface area contributed by atoms with Gasteiger partial charge in [0.25, 0.3) is 0 Å². The Morgan fingerprint density at radius 3 is 2.56 bits per heavy atom. The van der Waals surface area contributed by atoms with Gasteiger partial charge >= 0.3 is 0 Å². The number of para-hydroxylation sites is 1. The molecule has 0 saturated carbocycles. The summed E-state index contributed by atoms with van der Waals surface area (Å²) in [5.41, 5.74) is 7.76. The molecule has 0 bridgehead atoms. The summed E-state index contributed by atoms with van der Waals surface area (Å²) < 4.78 is 0. The van der Waals surface area contributed by atoms with Crippen molar-refractivity contribution >= 4 is 11.6 Å². The van der Waals surface area contributed by atoms with Crippen LogP contribution in [0, 0.1) is 0 Å². The van der Waals surface area contributed by atoms with Crippen LogP contribution >= 0.6 is 0 Å². The molecule has 1 aromatic heterocycles. The van der Waals surface area contributed by atoms with E-state index in [-0.39, 0.29) is 0 Å². The first-order chi connectivity index (χ1) is 8.75. The first-order valence-corrected chi connectivity index (χ1v) is 5.76. The molecule has 1 aromatic carbocycles. The van der Waals surface area contributed by atoms with Gasteiger partial charge in [-0.1, -0.05) is 24.3 Å². The third kappa shape index (κ3) is 3.31. The van der Waals surface area contributed by atoms with Gasteiger partial charge in [0.1, 0.15) is 0 Å². The number of guanidine groups is 1. The standard InChI is InChI=1S/C14H16N4/c1-18(11-13-9-5-6-10-16-13)14(15)17-12-7-3-2-4-8-12/h2-10H,11H2,1H3,(H2,15,17). The van der Waals surface area contributed by atoms with Crippen LogP contribution < -0.4 is 5.73 Å². The van der Waals surface area contributed by atoms with E-state index in [4.69, 9.17) is 5.73 Å². The molecule has 0 aliphatic rings. The van der Waals surface area contributed by atoms with Crippen molar-refractivity contribution in [2.45, 2.75) is 6.54 Å². The quantitative estimate of drug-likeness (QED) is 0.660. The van der Waals surface area contributed by atoms with Gasteiger partial charge in [-0.2, -0.15) is 0 Å². The zero-order valence-electron chi connectivity index (χ0n) is 10.3. The lowest BCUT2D eigenvalue weighted by atomic mass is 10.3. The molecule has 4 nitrogen and oxygen atoms in total. The number of nitrogens with zero attached hydrogens (tertiary/aromatic N) is 3. The number of hydrogen-bond acceptors (Lipinski definition) is 2. The maximum atomic E-state index is 5.95. The van der Waals surface area contributed by atoms with E-state index in [1.807, 2.05) is 60.5 Å². The second-order valence-corrected chi connectivity index (χ2v) is 3.98. The normalized spacial score (nSPS) is 11.3. The Balaban J connectivity index is 2.05. The van der Waals surface area contributed by atoms with E-state index >= 15 is 0 Å². The van der Waals surface area contributed by atoms with Crippen LogP contribution in [-0.4, -0.2) is 22.9 Å². The van der Waals surface area contributed by atoms with Crippen LogP contribution in [0.5, 0.6) is 0 Å². The molecule has 1 heterocycles. The first-order valence-electron chi connectivity index (χ1n) is 5.76. The number of aliphatic imine (C=N–C) groups is 1. The summed E-state index contributed by atoms with van der Waals surface area (Å²) in [6.45, 7) is 0.642. The molecule has 0 atom stereocenters. The van der Waals surface area contributed by atoms with Crippen molar-refractivity contribution in [1.29, 1.82) is 0 Å². The van der Waals surface area contributed by atoms with Crippen molar-refractivity contribution in [2.24, 2.45) is 10.7 Å². The molecule has 0 spiro atoms. The van der Waals surface area contributed by atoms with E-state index in [0.717, 1.165) is 11.4 Å². The molecule has 2 rings (SSSR count). The Kier molecular flexibility index (Phi) is 3.91. The average Bonchev–Trinajstić information content (AvgIpc) is 2.41. The first kappa shape index (κ1) is 12.1. The Bertz CT molecular complexity index is 508. The highest BCUT2D eigenvalue weighted by Gasteiger charge is 2.03. The molecule has 18 heavy (non-hydrogen) atoms. The molecule has 0 saturated heterocycles. The van der Waals surface area contributed by atoms with Crippen LogP contribution in [-0.2, 0) is 6.54 Å². The smallest absolute Gasteiger partial charge is 0.196 e. The minimum Gasteiger partial charge on any atom is -0.369 e. The van der Waals surface area contributed by atoms with Gasteiger partial charge in [-0.3, -0.25) is 4.98 Å². The largest absolute Gasteiger partial charge is 0.369 e. The number of aromatic nitrogens is 1. The SMILES string of the molecule is CN(Cc1ccccn1)C(N)=Nc1ccccc1. The summed E-state index contributed by atoms with van der Waals surface area (Å²) in [5, 5.41) is 0. The lowest BCUT2D eigenvalue weighted by molar-refractivity contribution is 0.487. The topological polar surface area (TPSA) is 54.5 Å². The van der Waals surface area contributed by atoms with Gasteiger partial charge in [0.15, 0.2) is 5.96 Å². The van der Waals surface area contributed by atoms with Crippen LogP contribution in [0.1, 0.15) is 5.69 Å². The predicted octanol–water partition coefficient (Wildman–Crippen LogP) is 2.16. The van der Waals surface area contributed by atoms with Crippen molar-refractivity contribution < 1.29 is 0 Å². The molecule has 0 aliphatic carbocycles. The summed E-state index contributed by atoms with van der Waals surface area (Å²) in [4.78, 5) is 10.5. The molecular formula is C14H16N4. The van der Waals surface area contributed by atoms with E-state index in [1.165, 1.54) is 0 Å².